The smallest absolute Gasteiger partial charge is 0.250 e. The first-order chi connectivity index (χ1) is 3.29. The third-order valence-electron chi connectivity index (χ3n) is 0.632. The van der Waals surface area contributed by atoms with Gasteiger partial charge in [-0.2, -0.15) is 0 Å². The van der Waals surface area contributed by atoms with E-state index in [0.29, 0.717) is 0 Å². The average Bonchev–Trinajstić information content (AvgIpc) is 1.87. The molecular formula is C4H3LiNO2. The number of imide groups is 1. The zero-order valence-corrected chi connectivity index (χ0v) is 4.47. The Kier molecular flexibility index (Phi) is 2.53. The molecule has 0 saturated heterocycles. The van der Waals surface area contributed by atoms with Crippen LogP contribution in [0.1, 0.15) is 0 Å². The molecule has 1 rings (SSSR count). The van der Waals surface area contributed by atoms with Gasteiger partial charge in [0.1, 0.15) is 0 Å². The fourth-order valence-corrected chi connectivity index (χ4v) is 0.356. The zero-order valence-electron chi connectivity index (χ0n) is 4.47. The summed E-state index contributed by atoms with van der Waals surface area (Å²) in [5, 5.41) is 2.03. The zero-order chi connectivity index (χ0) is 5.28. The molecule has 2 amide bonds. The quantitative estimate of drug-likeness (QED) is 0.310. The minimum Gasteiger partial charge on any atom is -0.289 e. The van der Waals surface area contributed by atoms with Gasteiger partial charge >= 0.3 is 0 Å². The van der Waals surface area contributed by atoms with Crippen LogP contribution in [0.4, 0.5) is 0 Å². The number of rotatable bonds is 0. The van der Waals surface area contributed by atoms with Crippen molar-refractivity contribution in [3.8, 4) is 0 Å². The van der Waals surface area contributed by atoms with E-state index in [9.17, 15) is 9.59 Å². The molecular weight excluding hydrogens is 101 g/mol. The van der Waals surface area contributed by atoms with E-state index >= 15 is 0 Å². The first-order valence-corrected chi connectivity index (χ1v) is 1.82. The molecule has 0 spiro atoms. The summed E-state index contributed by atoms with van der Waals surface area (Å²) < 4.78 is 0. The van der Waals surface area contributed by atoms with Gasteiger partial charge in [0.05, 0.1) is 0 Å². The maximum absolute atomic E-state index is 10.0. The largest absolute Gasteiger partial charge is 0.289 e. The van der Waals surface area contributed by atoms with E-state index < -0.39 is 0 Å². The molecule has 0 saturated carbocycles. The number of hydrogen-bond acceptors (Lipinski definition) is 2. The van der Waals surface area contributed by atoms with Crippen molar-refractivity contribution in [2.75, 3.05) is 0 Å². The van der Waals surface area contributed by atoms with Crippen LogP contribution in [-0.4, -0.2) is 30.7 Å². The fourth-order valence-electron chi connectivity index (χ4n) is 0.356. The summed E-state index contributed by atoms with van der Waals surface area (Å²) in [5.74, 6) is -0.657. The number of hydrogen-bond donors (Lipinski definition) is 1. The Bertz CT molecular complexity index is 136. The average molecular weight is 104 g/mol. The molecule has 0 bridgehead atoms. The van der Waals surface area contributed by atoms with Crippen LogP contribution in [0.5, 0.6) is 0 Å². The van der Waals surface area contributed by atoms with Crippen molar-refractivity contribution in [3.63, 3.8) is 0 Å². The van der Waals surface area contributed by atoms with E-state index in [-0.39, 0.29) is 30.7 Å². The normalized spacial score (nSPS) is 15.5. The molecule has 1 heterocycles. The minimum atomic E-state index is -0.329. The van der Waals surface area contributed by atoms with E-state index in [1.165, 1.54) is 12.2 Å². The van der Waals surface area contributed by atoms with E-state index in [0.717, 1.165) is 0 Å². The second kappa shape index (κ2) is 2.70. The van der Waals surface area contributed by atoms with Crippen molar-refractivity contribution in [1.29, 1.82) is 0 Å². The summed E-state index contributed by atoms with van der Waals surface area (Å²) in [6, 6.07) is 0. The van der Waals surface area contributed by atoms with Crippen LogP contribution in [0.3, 0.4) is 0 Å². The molecule has 1 N–H and O–H groups in total. The van der Waals surface area contributed by atoms with Crippen LogP contribution >= 0.6 is 0 Å². The van der Waals surface area contributed by atoms with Gasteiger partial charge in [0.25, 0.3) is 11.8 Å². The molecule has 1 radical (unpaired) electrons. The Balaban J connectivity index is 0.000000490. The van der Waals surface area contributed by atoms with Crippen molar-refractivity contribution in [2.45, 2.75) is 0 Å². The molecule has 8 heavy (non-hydrogen) atoms. The molecule has 1 aliphatic rings. The fraction of sp³-hybridized carbons (Fsp3) is 0. The SMILES string of the molecule is O=C1C=CC(=O)N1.[Li]. The maximum Gasteiger partial charge on any atom is 0.250 e. The summed E-state index contributed by atoms with van der Waals surface area (Å²) in [6.07, 6.45) is 2.39. The number of nitrogens with one attached hydrogen (secondary N) is 1. The predicted octanol–water partition coefficient (Wildman–Crippen LogP) is -1.18. The monoisotopic (exact) mass is 104 g/mol. The first-order valence-electron chi connectivity index (χ1n) is 1.82. The molecule has 0 aromatic rings. The summed E-state index contributed by atoms with van der Waals surface area (Å²) in [5.41, 5.74) is 0. The standard InChI is InChI=1S/C4H3NO2.Li/c6-3-1-2-4(7)5-3;/h1-2H,(H,5,6,7);. The maximum atomic E-state index is 10.0. The van der Waals surface area contributed by atoms with Crippen LogP contribution in [0.2, 0.25) is 0 Å². The van der Waals surface area contributed by atoms with E-state index in [4.69, 9.17) is 0 Å². The third-order valence-corrected chi connectivity index (χ3v) is 0.632. The second-order valence-electron chi connectivity index (χ2n) is 1.19. The van der Waals surface area contributed by atoms with Gasteiger partial charge in [0, 0.05) is 31.0 Å². The van der Waals surface area contributed by atoms with Gasteiger partial charge in [-0.3, -0.25) is 14.9 Å². The summed E-state index contributed by atoms with van der Waals surface area (Å²) in [7, 11) is 0. The van der Waals surface area contributed by atoms with E-state index in [1.54, 1.807) is 0 Å². The molecule has 0 fully saturated rings. The molecule has 0 aliphatic carbocycles. The Morgan fingerprint density at radius 1 is 1.12 bits per heavy atom. The van der Waals surface area contributed by atoms with Crippen LogP contribution in [-0.2, 0) is 9.59 Å². The summed E-state index contributed by atoms with van der Waals surface area (Å²) in [6.45, 7) is 0. The van der Waals surface area contributed by atoms with Crippen molar-refractivity contribution in [3.05, 3.63) is 12.2 Å². The summed E-state index contributed by atoms with van der Waals surface area (Å²) in [4.78, 5) is 20.1. The number of carbonyl (C=O) groups excluding carboxylic acids is 2. The van der Waals surface area contributed by atoms with Gasteiger partial charge in [0.2, 0.25) is 0 Å². The summed E-state index contributed by atoms with van der Waals surface area (Å²) >= 11 is 0. The van der Waals surface area contributed by atoms with Crippen molar-refractivity contribution in [2.24, 2.45) is 0 Å². The van der Waals surface area contributed by atoms with Crippen LogP contribution in [0.15, 0.2) is 12.2 Å². The van der Waals surface area contributed by atoms with Gasteiger partial charge in [0.15, 0.2) is 0 Å². The van der Waals surface area contributed by atoms with Crippen LogP contribution < -0.4 is 5.32 Å². The molecule has 0 atom stereocenters. The van der Waals surface area contributed by atoms with Gasteiger partial charge in [-0.15, -0.1) is 0 Å². The first kappa shape index (κ1) is 7.48. The molecule has 0 aromatic heterocycles. The predicted molar refractivity (Wildman–Crippen MR) is 28.0 cm³/mol. The minimum absolute atomic E-state index is 0. The molecule has 37 valence electrons. The molecule has 3 nitrogen and oxygen atoms in total. The Morgan fingerprint density at radius 3 is 1.62 bits per heavy atom. The molecule has 0 aromatic carbocycles. The third kappa shape index (κ3) is 1.53. The number of amides is 2. The van der Waals surface area contributed by atoms with Crippen LogP contribution in [0.25, 0.3) is 0 Å². The van der Waals surface area contributed by atoms with Gasteiger partial charge < -0.3 is 0 Å². The van der Waals surface area contributed by atoms with Gasteiger partial charge in [-0.05, 0) is 0 Å². The molecule has 4 heteroatoms. The van der Waals surface area contributed by atoms with Crippen molar-refractivity contribution in [1.82, 2.24) is 5.32 Å². The molecule has 0 unspecified atom stereocenters. The Labute approximate surface area is 58.3 Å². The van der Waals surface area contributed by atoms with E-state index in [2.05, 4.69) is 0 Å². The Morgan fingerprint density at radius 2 is 1.50 bits per heavy atom. The molecule has 1 aliphatic heterocycles. The van der Waals surface area contributed by atoms with E-state index in [1.807, 2.05) is 5.32 Å². The number of carbonyl (C=O) groups is 2. The van der Waals surface area contributed by atoms with Crippen LogP contribution in [0, 0.1) is 0 Å². The van der Waals surface area contributed by atoms with Gasteiger partial charge in [-0.1, -0.05) is 0 Å². The van der Waals surface area contributed by atoms with Crippen molar-refractivity contribution >= 4 is 30.7 Å². The van der Waals surface area contributed by atoms with Gasteiger partial charge in [-0.25, -0.2) is 0 Å². The topological polar surface area (TPSA) is 46.2 Å². The van der Waals surface area contributed by atoms with Crippen molar-refractivity contribution < 1.29 is 9.59 Å². The second-order valence-corrected chi connectivity index (χ2v) is 1.19. The Hall–Kier alpha value is -0.523.